The van der Waals surface area contributed by atoms with Crippen LogP contribution >= 0.6 is 10.7 Å². The second-order valence-corrected chi connectivity index (χ2v) is 5.56. The van der Waals surface area contributed by atoms with Gasteiger partial charge >= 0.3 is 0 Å². The van der Waals surface area contributed by atoms with Crippen molar-refractivity contribution in [1.29, 1.82) is 5.26 Å². The van der Waals surface area contributed by atoms with Crippen LogP contribution in [0.4, 0.5) is 0 Å². The van der Waals surface area contributed by atoms with Gasteiger partial charge in [-0.15, -0.1) is 0 Å². The Kier molecular flexibility index (Phi) is 3.35. The molecule has 4 nitrogen and oxygen atoms in total. The molecule has 80 valence electrons. The lowest BCUT2D eigenvalue weighted by Gasteiger charge is -2.06. The molecule has 1 aromatic rings. The van der Waals surface area contributed by atoms with E-state index in [1.807, 2.05) is 0 Å². The van der Waals surface area contributed by atoms with Crippen molar-refractivity contribution >= 4 is 19.7 Å². The number of nitrogens with two attached hydrogens (primary N) is 1. The van der Waals surface area contributed by atoms with Crippen LogP contribution in [0, 0.1) is 18.3 Å². The minimum absolute atomic E-state index is 0.0414. The van der Waals surface area contributed by atoms with E-state index in [1.165, 1.54) is 12.1 Å². The lowest BCUT2D eigenvalue weighted by atomic mass is 10.1. The third-order valence-corrected chi connectivity index (χ3v) is 3.40. The maximum atomic E-state index is 11.2. The molecule has 0 heterocycles. The van der Waals surface area contributed by atoms with Gasteiger partial charge in [0.1, 0.15) is 11.0 Å². The second kappa shape index (κ2) is 4.19. The summed E-state index contributed by atoms with van der Waals surface area (Å²) >= 11 is 0. The van der Waals surface area contributed by atoms with E-state index in [-0.39, 0.29) is 17.0 Å². The van der Waals surface area contributed by atoms with E-state index in [0.717, 1.165) is 5.56 Å². The number of hydrogen-bond donors (Lipinski definition) is 1. The van der Waals surface area contributed by atoms with Crippen LogP contribution in [-0.2, 0) is 15.6 Å². The third kappa shape index (κ3) is 2.48. The second-order valence-electron chi connectivity index (χ2n) is 3.03. The molecule has 0 bridgehead atoms. The Morgan fingerprint density at radius 2 is 2.13 bits per heavy atom. The quantitative estimate of drug-likeness (QED) is 0.794. The van der Waals surface area contributed by atoms with Crippen molar-refractivity contribution in [2.75, 3.05) is 0 Å². The fourth-order valence-corrected chi connectivity index (χ4v) is 2.27. The maximum Gasteiger partial charge on any atom is 0.262 e. The first-order valence-corrected chi connectivity index (χ1v) is 6.39. The van der Waals surface area contributed by atoms with Crippen molar-refractivity contribution in [3.05, 3.63) is 28.8 Å². The molecule has 0 aliphatic heterocycles. The van der Waals surface area contributed by atoms with Gasteiger partial charge in [-0.3, -0.25) is 0 Å². The summed E-state index contributed by atoms with van der Waals surface area (Å²) in [5.74, 6) is 0. The van der Waals surface area contributed by atoms with Gasteiger partial charge in [-0.1, -0.05) is 0 Å². The summed E-state index contributed by atoms with van der Waals surface area (Å²) in [5.41, 5.74) is 6.91. The molecule has 0 atom stereocenters. The van der Waals surface area contributed by atoms with Gasteiger partial charge in [0.15, 0.2) is 0 Å². The van der Waals surface area contributed by atoms with Gasteiger partial charge in [-0.2, -0.15) is 5.26 Å². The molecule has 0 unspecified atom stereocenters. The van der Waals surface area contributed by atoms with Crippen LogP contribution in [0.25, 0.3) is 0 Å². The minimum Gasteiger partial charge on any atom is -0.326 e. The number of halogens is 1. The Hall–Kier alpha value is -1.09. The molecule has 0 radical (unpaired) electrons. The predicted octanol–water partition coefficient (Wildman–Crippen LogP) is 1.25. The zero-order chi connectivity index (χ0) is 11.6. The van der Waals surface area contributed by atoms with Crippen LogP contribution in [0.3, 0.4) is 0 Å². The topological polar surface area (TPSA) is 84.0 Å². The zero-order valence-electron chi connectivity index (χ0n) is 7.99. The number of hydrogen-bond acceptors (Lipinski definition) is 4. The van der Waals surface area contributed by atoms with Gasteiger partial charge in [0.05, 0.1) is 5.56 Å². The van der Waals surface area contributed by atoms with Gasteiger partial charge < -0.3 is 5.73 Å². The average Bonchev–Trinajstić information content (AvgIpc) is 2.15. The summed E-state index contributed by atoms with van der Waals surface area (Å²) in [6, 6.07) is 4.60. The number of rotatable bonds is 2. The molecule has 0 fully saturated rings. The van der Waals surface area contributed by atoms with E-state index in [4.69, 9.17) is 21.7 Å². The fraction of sp³-hybridized carbons (Fsp3) is 0.222. The van der Waals surface area contributed by atoms with Gasteiger partial charge in [-0.25, -0.2) is 8.42 Å². The van der Waals surface area contributed by atoms with Crippen molar-refractivity contribution in [2.45, 2.75) is 18.4 Å². The van der Waals surface area contributed by atoms with Crippen LogP contribution in [0.5, 0.6) is 0 Å². The van der Waals surface area contributed by atoms with Gasteiger partial charge in [0, 0.05) is 17.2 Å². The molecule has 0 saturated carbocycles. The predicted molar refractivity (Wildman–Crippen MR) is 56.8 cm³/mol. The molecule has 1 rings (SSSR count). The number of benzene rings is 1. The Balaban J connectivity index is 3.59. The van der Waals surface area contributed by atoms with E-state index in [1.54, 1.807) is 13.0 Å². The molecule has 0 saturated heterocycles. The molecule has 15 heavy (non-hydrogen) atoms. The first-order valence-electron chi connectivity index (χ1n) is 4.08. The van der Waals surface area contributed by atoms with E-state index < -0.39 is 9.05 Å². The number of aryl methyl sites for hydroxylation is 1. The van der Waals surface area contributed by atoms with Crippen LogP contribution in [-0.4, -0.2) is 8.42 Å². The minimum atomic E-state index is -3.90. The van der Waals surface area contributed by atoms with Crippen molar-refractivity contribution in [2.24, 2.45) is 5.73 Å². The molecule has 0 aliphatic carbocycles. The normalized spacial score (nSPS) is 11.1. The highest BCUT2D eigenvalue weighted by molar-refractivity contribution is 8.13. The molecule has 0 spiro atoms. The smallest absolute Gasteiger partial charge is 0.262 e. The highest BCUT2D eigenvalue weighted by Gasteiger charge is 2.17. The lowest BCUT2D eigenvalue weighted by Crippen LogP contribution is -2.04. The molecule has 2 N–H and O–H groups in total. The Labute approximate surface area is 92.7 Å². The Bertz CT molecular complexity index is 532. The Morgan fingerprint density at radius 1 is 1.53 bits per heavy atom. The van der Waals surface area contributed by atoms with Crippen LogP contribution in [0.15, 0.2) is 17.0 Å². The van der Waals surface area contributed by atoms with E-state index in [9.17, 15) is 8.42 Å². The third-order valence-electron chi connectivity index (χ3n) is 2.04. The first kappa shape index (κ1) is 12.0. The van der Waals surface area contributed by atoms with Gasteiger partial charge in [0.2, 0.25) is 0 Å². The van der Waals surface area contributed by atoms with E-state index >= 15 is 0 Å². The molecule has 0 aromatic heterocycles. The maximum absolute atomic E-state index is 11.2. The summed E-state index contributed by atoms with van der Waals surface area (Å²) < 4.78 is 22.3. The standard InChI is InChI=1S/C9H9ClN2O2S/c1-6-2-8(5-12)9(15(10,13)14)3-7(6)4-11/h2-3H,4,11H2,1H3. The highest BCUT2D eigenvalue weighted by Crippen LogP contribution is 2.23. The SMILES string of the molecule is Cc1cc(C#N)c(S(=O)(=O)Cl)cc1CN. The zero-order valence-corrected chi connectivity index (χ0v) is 9.56. The first-order chi connectivity index (χ1) is 6.90. The van der Waals surface area contributed by atoms with E-state index in [2.05, 4.69) is 0 Å². The summed E-state index contributed by atoms with van der Waals surface area (Å²) in [7, 11) is 1.30. The summed E-state index contributed by atoms with van der Waals surface area (Å²) in [6.45, 7) is 1.96. The van der Waals surface area contributed by atoms with Crippen molar-refractivity contribution in [3.8, 4) is 6.07 Å². The van der Waals surface area contributed by atoms with Gasteiger partial charge in [-0.05, 0) is 30.2 Å². The largest absolute Gasteiger partial charge is 0.326 e. The van der Waals surface area contributed by atoms with Crippen molar-refractivity contribution in [3.63, 3.8) is 0 Å². The molecule has 1 aromatic carbocycles. The number of nitriles is 1. The monoisotopic (exact) mass is 244 g/mol. The molecular formula is C9H9ClN2O2S. The highest BCUT2D eigenvalue weighted by atomic mass is 35.7. The lowest BCUT2D eigenvalue weighted by molar-refractivity contribution is 0.609. The average molecular weight is 245 g/mol. The number of nitrogens with zero attached hydrogens (tertiary/aromatic N) is 1. The molecule has 0 aliphatic rings. The van der Waals surface area contributed by atoms with E-state index in [0.29, 0.717) is 5.56 Å². The van der Waals surface area contributed by atoms with Crippen molar-refractivity contribution < 1.29 is 8.42 Å². The summed E-state index contributed by atoms with van der Waals surface area (Å²) in [6.07, 6.45) is 0. The van der Waals surface area contributed by atoms with Crippen LogP contribution < -0.4 is 5.73 Å². The summed E-state index contributed by atoms with van der Waals surface area (Å²) in [5, 5.41) is 8.77. The Morgan fingerprint density at radius 3 is 2.53 bits per heavy atom. The van der Waals surface area contributed by atoms with Crippen molar-refractivity contribution in [1.82, 2.24) is 0 Å². The molecule has 6 heteroatoms. The van der Waals surface area contributed by atoms with Gasteiger partial charge in [0.25, 0.3) is 9.05 Å². The molecular weight excluding hydrogens is 236 g/mol. The molecule has 0 amide bonds. The summed E-state index contributed by atoms with van der Waals surface area (Å²) in [4.78, 5) is -0.183. The van der Waals surface area contributed by atoms with Crippen LogP contribution in [0.2, 0.25) is 0 Å². The fourth-order valence-electron chi connectivity index (χ4n) is 1.24. The van der Waals surface area contributed by atoms with Crippen LogP contribution in [0.1, 0.15) is 16.7 Å².